The lowest BCUT2D eigenvalue weighted by atomic mass is 10.2. The summed E-state index contributed by atoms with van der Waals surface area (Å²) >= 11 is 1.30. The Labute approximate surface area is 119 Å². The highest BCUT2D eigenvalue weighted by Crippen LogP contribution is 2.13. The molecule has 104 valence electrons. The van der Waals surface area contributed by atoms with Gasteiger partial charge in [-0.05, 0) is 18.6 Å². The van der Waals surface area contributed by atoms with E-state index in [2.05, 4.69) is 15.3 Å². The van der Waals surface area contributed by atoms with Gasteiger partial charge in [-0.25, -0.2) is 9.78 Å². The summed E-state index contributed by atoms with van der Waals surface area (Å²) in [7, 11) is 0. The summed E-state index contributed by atoms with van der Waals surface area (Å²) < 4.78 is 5.19. The zero-order valence-electron chi connectivity index (χ0n) is 10.8. The van der Waals surface area contributed by atoms with Gasteiger partial charge in [0.15, 0.2) is 11.2 Å². The molecule has 0 aliphatic heterocycles. The van der Waals surface area contributed by atoms with Crippen molar-refractivity contribution in [2.75, 3.05) is 5.32 Å². The van der Waals surface area contributed by atoms with E-state index < -0.39 is 12.1 Å². The molecule has 0 aliphatic carbocycles. The quantitative estimate of drug-likeness (QED) is 0.853. The summed E-state index contributed by atoms with van der Waals surface area (Å²) in [6, 6.07) is 3.07. The topological polar surface area (TPSA) is 81.2 Å². The first-order valence-electron chi connectivity index (χ1n) is 6.02. The number of nitrogens with zero attached hydrogens (tertiary/aromatic N) is 2. The zero-order valence-corrected chi connectivity index (χ0v) is 11.6. The number of carbonyl (C=O) groups is 2. The van der Waals surface area contributed by atoms with Crippen molar-refractivity contribution in [3.05, 3.63) is 41.7 Å². The van der Waals surface area contributed by atoms with E-state index in [9.17, 15) is 9.59 Å². The van der Waals surface area contributed by atoms with Crippen LogP contribution in [0.15, 0.2) is 36.1 Å². The lowest BCUT2D eigenvalue weighted by Gasteiger charge is -2.14. The van der Waals surface area contributed by atoms with Crippen molar-refractivity contribution in [3.63, 3.8) is 0 Å². The third-order valence-electron chi connectivity index (χ3n) is 2.49. The molecule has 1 unspecified atom stereocenters. The Kier molecular flexibility index (Phi) is 4.78. The van der Waals surface area contributed by atoms with Gasteiger partial charge in [-0.1, -0.05) is 6.92 Å². The molecule has 0 aromatic carbocycles. The minimum absolute atomic E-state index is 0.362. The van der Waals surface area contributed by atoms with E-state index in [1.54, 1.807) is 18.5 Å². The maximum atomic E-state index is 12.0. The van der Waals surface area contributed by atoms with E-state index in [1.165, 1.54) is 35.9 Å². The lowest BCUT2D eigenvalue weighted by molar-refractivity contribution is -0.124. The highest BCUT2D eigenvalue weighted by Gasteiger charge is 2.22. The number of amides is 1. The van der Waals surface area contributed by atoms with Gasteiger partial charge in [-0.3, -0.25) is 15.1 Å². The van der Waals surface area contributed by atoms with E-state index in [0.717, 1.165) is 0 Å². The van der Waals surface area contributed by atoms with Crippen LogP contribution in [0.5, 0.6) is 0 Å². The van der Waals surface area contributed by atoms with Crippen LogP contribution in [0.1, 0.15) is 23.7 Å². The molecular formula is C13H13N3O3S. The first-order valence-corrected chi connectivity index (χ1v) is 6.90. The highest BCUT2D eigenvalue weighted by atomic mass is 32.1. The van der Waals surface area contributed by atoms with Crippen LogP contribution in [0.2, 0.25) is 0 Å². The molecule has 2 aromatic rings. The van der Waals surface area contributed by atoms with E-state index >= 15 is 0 Å². The Bertz CT molecular complexity index is 572. The highest BCUT2D eigenvalue weighted by molar-refractivity contribution is 7.13. The van der Waals surface area contributed by atoms with Gasteiger partial charge < -0.3 is 4.74 Å². The fourth-order valence-corrected chi connectivity index (χ4v) is 2.01. The summed E-state index contributed by atoms with van der Waals surface area (Å²) in [5, 5.41) is 4.84. The number of nitrogens with one attached hydrogen (secondary N) is 1. The van der Waals surface area contributed by atoms with Gasteiger partial charge in [0.05, 0.1) is 5.56 Å². The molecule has 0 spiro atoms. The maximum absolute atomic E-state index is 12.0. The second-order valence-electron chi connectivity index (χ2n) is 3.86. The number of carbonyl (C=O) groups excluding carboxylic acids is 2. The Morgan fingerprint density at radius 2 is 2.10 bits per heavy atom. The van der Waals surface area contributed by atoms with Crippen LogP contribution in [-0.4, -0.2) is 27.9 Å². The summed E-state index contributed by atoms with van der Waals surface area (Å²) in [6.07, 6.45) is 4.11. The summed E-state index contributed by atoms with van der Waals surface area (Å²) in [5.74, 6) is -0.932. The number of thiazole rings is 1. The standard InChI is InChI=1S/C13H13N3O3S/c1-2-10(11(17)16-13-15-7-8-20-13)19-12(18)9-3-5-14-6-4-9/h3-8,10H,2H2,1H3,(H,15,16,17). The smallest absolute Gasteiger partial charge is 0.339 e. The molecule has 20 heavy (non-hydrogen) atoms. The number of pyridine rings is 1. The third-order valence-corrected chi connectivity index (χ3v) is 3.18. The Hall–Kier alpha value is -2.28. The average Bonchev–Trinajstić information content (AvgIpc) is 2.98. The van der Waals surface area contributed by atoms with Crippen LogP contribution in [-0.2, 0) is 9.53 Å². The van der Waals surface area contributed by atoms with Gasteiger partial charge in [-0.15, -0.1) is 11.3 Å². The number of hydrogen-bond donors (Lipinski definition) is 1. The van der Waals surface area contributed by atoms with Crippen LogP contribution in [0, 0.1) is 0 Å². The van der Waals surface area contributed by atoms with Crippen molar-refractivity contribution in [2.24, 2.45) is 0 Å². The van der Waals surface area contributed by atoms with Crippen molar-refractivity contribution >= 4 is 28.3 Å². The second-order valence-corrected chi connectivity index (χ2v) is 4.76. The molecule has 2 rings (SSSR count). The van der Waals surface area contributed by atoms with Gasteiger partial charge in [0, 0.05) is 24.0 Å². The molecule has 6 nitrogen and oxygen atoms in total. The number of ether oxygens (including phenoxy) is 1. The van der Waals surface area contributed by atoms with Crippen LogP contribution >= 0.6 is 11.3 Å². The van der Waals surface area contributed by atoms with Gasteiger partial charge in [0.1, 0.15) is 0 Å². The molecule has 0 saturated carbocycles. The van der Waals surface area contributed by atoms with Crippen molar-refractivity contribution in [1.82, 2.24) is 9.97 Å². The van der Waals surface area contributed by atoms with Crippen LogP contribution in [0.3, 0.4) is 0 Å². The molecule has 1 amide bonds. The van der Waals surface area contributed by atoms with E-state index in [4.69, 9.17) is 4.74 Å². The Morgan fingerprint density at radius 1 is 1.35 bits per heavy atom. The van der Waals surface area contributed by atoms with Crippen molar-refractivity contribution in [2.45, 2.75) is 19.4 Å². The predicted molar refractivity (Wildman–Crippen MR) is 74.5 cm³/mol. The number of anilines is 1. The second kappa shape index (κ2) is 6.76. The van der Waals surface area contributed by atoms with Gasteiger partial charge in [0.2, 0.25) is 0 Å². The molecule has 0 radical (unpaired) electrons. The molecule has 1 atom stereocenters. The summed E-state index contributed by atoms with van der Waals surface area (Å²) in [5.41, 5.74) is 0.362. The Morgan fingerprint density at radius 3 is 2.70 bits per heavy atom. The van der Waals surface area contributed by atoms with Gasteiger partial charge in [-0.2, -0.15) is 0 Å². The minimum atomic E-state index is -0.848. The molecule has 1 N–H and O–H groups in total. The minimum Gasteiger partial charge on any atom is -0.449 e. The first-order chi connectivity index (χ1) is 9.70. The van der Waals surface area contributed by atoms with Crippen molar-refractivity contribution in [1.29, 1.82) is 0 Å². The van der Waals surface area contributed by atoms with Crippen LogP contribution < -0.4 is 5.32 Å². The number of aromatic nitrogens is 2. The molecule has 0 saturated heterocycles. The van der Waals surface area contributed by atoms with Crippen molar-refractivity contribution in [3.8, 4) is 0 Å². The largest absolute Gasteiger partial charge is 0.449 e. The van der Waals surface area contributed by atoms with Gasteiger partial charge >= 0.3 is 5.97 Å². The fraction of sp³-hybridized carbons (Fsp3) is 0.231. The predicted octanol–water partition coefficient (Wildman–Crippen LogP) is 2.11. The van der Waals surface area contributed by atoms with Crippen molar-refractivity contribution < 1.29 is 14.3 Å². The normalized spacial score (nSPS) is 11.7. The summed E-state index contributed by atoms with van der Waals surface area (Å²) in [6.45, 7) is 1.77. The average molecular weight is 291 g/mol. The Balaban J connectivity index is 1.98. The van der Waals surface area contributed by atoms with Gasteiger partial charge in [0.25, 0.3) is 5.91 Å². The summed E-state index contributed by atoms with van der Waals surface area (Å²) in [4.78, 5) is 31.6. The molecule has 7 heteroatoms. The lowest BCUT2D eigenvalue weighted by Crippen LogP contribution is -2.32. The molecule has 2 aromatic heterocycles. The zero-order chi connectivity index (χ0) is 14.4. The number of rotatable bonds is 5. The maximum Gasteiger partial charge on any atom is 0.339 e. The third kappa shape index (κ3) is 3.61. The molecular weight excluding hydrogens is 278 g/mol. The van der Waals surface area contributed by atoms with E-state index in [0.29, 0.717) is 17.1 Å². The number of hydrogen-bond acceptors (Lipinski definition) is 6. The van der Waals surface area contributed by atoms with Crippen LogP contribution in [0.4, 0.5) is 5.13 Å². The molecule has 0 bridgehead atoms. The van der Waals surface area contributed by atoms with E-state index in [-0.39, 0.29) is 5.91 Å². The molecule has 0 aliphatic rings. The molecule has 2 heterocycles. The molecule has 0 fully saturated rings. The monoisotopic (exact) mass is 291 g/mol. The van der Waals surface area contributed by atoms with Crippen LogP contribution in [0.25, 0.3) is 0 Å². The SMILES string of the molecule is CCC(OC(=O)c1ccncc1)C(=O)Nc1nccs1. The first kappa shape index (κ1) is 14.1. The number of esters is 1. The fourth-order valence-electron chi connectivity index (χ4n) is 1.48. The van der Waals surface area contributed by atoms with E-state index in [1.807, 2.05) is 0 Å².